The van der Waals surface area contributed by atoms with Crippen molar-refractivity contribution in [2.45, 2.75) is 4.90 Å². The van der Waals surface area contributed by atoms with Crippen molar-refractivity contribution in [2.75, 3.05) is 6.26 Å². The number of benzene rings is 2. The first-order valence-corrected chi connectivity index (χ1v) is 9.72. The molecule has 0 saturated carbocycles. The average Bonchev–Trinajstić information content (AvgIpc) is 2.53. The van der Waals surface area contributed by atoms with Crippen LogP contribution in [0.2, 0.25) is 0 Å². The summed E-state index contributed by atoms with van der Waals surface area (Å²) >= 11 is 3.63. The minimum Gasteiger partial charge on any atom is -0.222 e. The largest absolute Gasteiger partial charge is 0.238 e. The number of halogens is 1. The van der Waals surface area contributed by atoms with Gasteiger partial charge in [0.05, 0.1) is 0 Å². The Bertz CT molecular complexity index is 767. The quantitative estimate of drug-likeness (QED) is 0.493. The molecule has 7 heteroatoms. The highest BCUT2D eigenvalue weighted by Gasteiger charge is 2.12. The van der Waals surface area contributed by atoms with Gasteiger partial charge in [0.25, 0.3) is 0 Å². The van der Waals surface area contributed by atoms with Crippen molar-refractivity contribution in [3.63, 3.8) is 0 Å². The molecule has 0 unspecified atom stereocenters. The van der Waals surface area contributed by atoms with E-state index in [9.17, 15) is 0 Å². The van der Waals surface area contributed by atoms with E-state index in [-0.39, 0.29) is 0 Å². The molecule has 4 nitrogen and oxygen atoms in total. The van der Waals surface area contributed by atoms with Crippen molar-refractivity contribution in [3.05, 3.63) is 60.7 Å². The Labute approximate surface area is 144 Å². The molecule has 0 amide bonds. The topological polar surface area (TPSA) is 92.2 Å². The van der Waals surface area contributed by atoms with Gasteiger partial charge in [-0.3, -0.25) is 0 Å². The van der Waals surface area contributed by atoms with E-state index < -0.39 is 10.2 Å². The molecule has 0 N–H and O–H groups in total. The van der Waals surface area contributed by atoms with Crippen LogP contribution in [0, 0.1) is 10.2 Å². The van der Waals surface area contributed by atoms with E-state index in [1.54, 1.807) is 11.8 Å². The molecule has 3 rings (SSSR count). The fraction of sp³-hybridized carbons (Fsp3) is 0.0625. The molecule has 0 aliphatic carbocycles. The van der Waals surface area contributed by atoms with Crippen LogP contribution in [-0.2, 0) is 0 Å². The fourth-order valence-corrected chi connectivity index (χ4v) is 3.38. The van der Waals surface area contributed by atoms with E-state index in [0.29, 0.717) is 0 Å². The van der Waals surface area contributed by atoms with Crippen molar-refractivity contribution < 1.29 is 28.9 Å². The summed E-state index contributed by atoms with van der Waals surface area (Å²) < 4.78 is 35.3. The Kier molecular flexibility index (Phi) is 6.32. The van der Waals surface area contributed by atoms with Crippen molar-refractivity contribution in [1.82, 2.24) is 0 Å². The first kappa shape index (κ1) is 18.1. The van der Waals surface area contributed by atoms with Gasteiger partial charge in [0.1, 0.15) is 0 Å². The van der Waals surface area contributed by atoms with E-state index in [1.165, 1.54) is 25.4 Å². The second kappa shape index (κ2) is 8.03. The Morgan fingerprint density at radius 3 is 2.04 bits per heavy atom. The molecule has 0 spiro atoms. The highest BCUT2D eigenvalue weighted by molar-refractivity contribution is 7.98. The lowest BCUT2D eigenvalue weighted by Gasteiger charge is -2.17. The summed E-state index contributed by atoms with van der Waals surface area (Å²) in [6.45, 7) is 0. The Balaban J connectivity index is 0.000000338. The molecule has 0 aliphatic rings. The Hall–Kier alpha value is -1.25. The van der Waals surface area contributed by atoms with Crippen LogP contribution in [0.25, 0.3) is 20.5 Å². The lowest BCUT2D eigenvalue weighted by atomic mass is 10.2. The second-order valence-electron chi connectivity index (χ2n) is 4.44. The van der Waals surface area contributed by atoms with Gasteiger partial charge in [-0.25, -0.2) is 18.6 Å². The SMILES string of the molecule is CSc1ccc(-c2ccc3ccccc3[s+]2)cc1.[O-][Cl+3]([O-])([O-])[O-]. The molecule has 0 fully saturated rings. The smallest absolute Gasteiger partial charge is 0.222 e. The van der Waals surface area contributed by atoms with Crippen LogP contribution in [-0.4, -0.2) is 6.26 Å². The molecule has 2 aromatic carbocycles. The maximum absolute atomic E-state index is 8.49. The van der Waals surface area contributed by atoms with E-state index in [2.05, 4.69) is 66.9 Å². The zero-order valence-corrected chi connectivity index (χ0v) is 14.5. The normalized spacial score (nSPS) is 11.0. The molecule has 1 aromatic heterocycles. The number of rotatable bonds is 2. The van der Waals surface area contributed by atoms with Crippen molar-refractivity contribution in [3.8, 4) is 10.4 Å². The molecule has 120 valence electrons. The molecule has 0 aliphatic heterocycles. The van der Waals surface area contributed by atoms with Crippen LogP contribution in [0.3, 0.4) is 0 Å². The maximum atomic E-state index is 8.49. The molecule has 0 atom stereocenters. The summed E-state index contributed by atoms with van der Waals surface area (Å²) in [4.78, 5) is 2.63. The third-order valence-corrected chi connectivity index (χ3v) is 4.85. The average molecular weight is 369 g/mol. The van der Waals surface area contributed by atoms with E-state index in [0.717, 1.165) is 0 Å². The summed E-state index contributed by atoms with van der Waals surface area (Å²) in [6, 6.07) is 21.7. The van der Waals surface area contributed by atoms with Gasteiger partial charge in [-0.2, -0.15) is 0 Å². The van der Waals surface area contributed by atoms with Crippen LogP contribution in [0.5, 0.6) is 0 Å². The lowest BCUT2D eigenvalue weighted by molar-refractivity contribution is -2.00. The molecule has 23 heavy (non-hydrogen) atoms. The monoisotopic (exact) mass is 368 g/mol. The first-order valence-electron chi connectivity index (χ1n) is 6.45. The van der Waals surface area contributed by atoms with E-state index >= 15 is 0 Å². The molecular weight excluding hydrogens is 356 g/mol. The summed E-state index contributed by atoms with van der Waals surface area (Å²) in [5, 5.41) is 1.31. The lowest BCUT2D eigenvalue weighted by Crippen LogP contribution is -2.68. The Morgan fingerprint density at radius 2 is 1.43 bits per heavy atom. The number of thioether (sulfide) groups is 1. The third-order valence-electron chi connectivity index (χ3n) is 2.93. The summed E-state index contributed by atoms with van der Waals surface area (Å²) in [6.07, 6.45) is 2.10. The van der Waals surface area contributed by atoms with Gasteiger partial charge in [-0.1, -0.05) is 12.1 Å². The standard InChI is InChI=1S/C16H13S2.ClHO4/c1-17-14-9-6-13(7-10-14)16-11-8-12-4-2-3-5-15(12)18-16;2-1(3,4)5/h2-11H,1H3;(H,2,3,4,5)/q+1;/p-1. The minimum absolute atomic E-state index is 1.29. The van der Waals surface area contributed by atoms with Crippen molar-refractivity contribution in [1.29, 1.82) is 0 Å². The summed E-state index contributed by atoms with van der Waals surface area (Å²) in [5.41, 5.74) is 1.29. The van der Waals surface area contributed by atoms with Crippen LogP contribution >= 0.6 is 23.1 Å². The minimum atomic E-state index is -4.94. The van der Waals surface area contributed by atoms with Gasteiger partial charge in [-0.05, 0) is 42.7 Å². The van der Waals surface area contributed by atoms with Gasteiger partial charge >= 0.3 is 0 Å². The van der Waals surface area contributed by atoms with Crippen LogP contribution < -0.4 is 18.6 Å². The fourth-order valence-electron chi connectivity index (χ4n) is 1.94. The Morgan fingerprint density at radius 1 is 0.826 bits per heavy atom. The van der Waals surface area contributed by atoms with Crippen molar-refractivity contribution >= 4 is 33.2 Å². The van der Waals surface area contributed by atoms with Gasteiger partial charge in [0, 0.05) is 28.0 Å². The molecule has 0 saturated heterocycles. The predicted molar refractivity (Wildman–Crippen MR) is 83.4 cm³/mol. The zero-order valence-electron chi connectivity index (χ0n) is 12.1. The van der Waals surface area contributed by atoms with Crippen LogP contribution in [0.4, 0.5) is 0 Å². The van der Waals surface area contributed by atoms with Gasteiger partial charge in [0.15, 0.2) is 0 Å². The van der Waals surface area contributed by atoms with Gasteiger partial charge in [-0.15, -0.1) is 22.0 Å². The maximum Gasteiger partial charge on any atom is 0.238 e. The molecular formula is C16H13ClO4S2. The number of fused-ring (bicyclic) bond motifs is 1. The highest BCUT2D eigenvalue weighted by Crippen LogP contribution is 2.31. The zero-order chi connectivity index (χ0) is 16.9. The third kappa shape index (κ3) is 6.04. The molecule has 3 aromatic rings. The molecule has 0 bridgehead atoms. The van der Waals surface area contributed by atoms with E-state index in [4.69, 9.17) is 18.6 Å². The number of hydrogen-bond donors (Lipinski definition) is 0. The van der Waals surface area contributed by atoms with Crippen LogP contribution in [0.1, 0.15) is 0 Å². The first-order chi connectivity index (χ1) is 10.9. The van der Waals surface area contributed by atoms with Crippen LogP contribution in [0.15, 0.2) is 65.6 Å². The van der Waals surface area contributed by atoms with Gasteiger partial charge in [0.2, 0.25) is 20.9 Å². The summed E-state index contributed by atoms with van der Waals surface area (Å²) in [7, 11) is -4.94. The highest BCUT2D eigenvalue weighted by atomic mass is 35.7. The second-order valence-corrected chi connectivity index (χ2v) is 7.16. The predicted octanol–water partition coefficient (Wildman–Crippen LogP) is 0.815. The van der Waals surface area contributed by atoms with Gasteiger partial charge < -0.3 is 0 Å². The van der Waals surface area contributed by atoms with E-state index in [1.807, 2.05) is 11.3 Å². The van der Waals surface area contributed by atoms with Crippen molar-refractivity contribution in [2.24, 2.45) is 0 Å². The molecule has 1 heterocycles. The number of hydrogen-bond acceptors (Lipinski definition) is 5. The molecule has 0 radical (unpaired) electrons. The summed E-state index contributed by atoms with van der Waals surface area (Å²) in [5.74, 6) is 0.